The van der Waals surface area contributed by atoms with Crippen LogP contribution in [0.5, 0.6) is 17.4 Å². The molecular weight excluding hydrogens is 362 g/mol. The molecule has 1 heterocycles. The van der Waals surface area contributed by atoms with Gasteiger partial charge in [-0.1, -0.05) is 12.1 Å². The molecule has 3 rings (SSSR count). The Balaban J connectivity index is 1.70. The molecular formula is C20H17N3O5. The molecule has 3 aromatic rings. The molecule has 0 saturated heterocycles. The molecule has 8 nitrogen and oxygen atoms in total. The van der Waals surface area contributed by atoms with E-state index in [9.17, 15) is 14.9 Å². The van der Waals surface area contributed by atoms with E-state index in [1.54, 1.807) is 25.3 Å². The third-order valence-electron chi connectivity index (χ3n) is 3.85. The fourth-order valence-corrected chi connectivity index (χ4v) is 2.45. The third kappa shape index (κ3) is 4.42. The van der Waals surface area contributed by atoms with Gasteiger partial charge in [0.05, 0.1) is 23.9 Å². The van der Waals surface area contributed by atoms with Gasteiger partial charge >= 0.3 is 0 Å². The van der Waals surface area contributed by atoms with E-state index in [2.05, 4.69) is 10.3 Å². The first-order chi connectivity index (χ1) is 13.5. The van der Waals surface area contributed by atoms with Crippen LogP contribution in [0.1, 0.15) is 15.9 Å². The molecule has 1 amide bonds. The Morgan fingerprint density at radius 2 is 1.93 bits per heavy atom. The highest BCUT2D eigenvalue weighted by atomic mass is 16.6. The zero-order valence-electron chi connectivity index (χ0n) is 15.2. The van der Waals surface area contributed by atoms with Gasteiger partial charge in [0, 0.05) is 23.8 Å². The minimum atomic E-state index is -0.552. The summed E-state index contributed by atoms with van der Waals surface area (Å²) in [5.74, 6) is 0.966. The first-order valence-corrected chi connectivity index (χ1v) is 8.30. The first-order valence-electron chi connectivity index (χ1n) is 8.30. The van der Waals surface area contributed by atoms with Gasteiger partial charge in [-0.2, -0.15) is 0 Å². The van der Waals surface area contributed by atoms with Crippen LogP contribution < -0.4 is 14.8 Å². The van der Waals surface area contributed by atoms with Crippen molar-refractivity contribution in [3.05, 3.63) is 82.0 Å². The van der Waals surface area contributed by atoms with Crippen LogP contribution in [-0.4, -0.2) is 22.9 Å². The molecule has 0 saturated carbocycles. The molecule has 0 fully saturated rings. The van der Waals surface area contributed by atoms with Gasteiger partial charge in [-0.3, -0.25) is 14.9 Å². The smallest absolute Gasteiger partial charge is 0.270 e. The fraction of sp³-hybridized carbons (Fsp3) is 0.100. The van der Waals surface area contributed by atoms with Gasteiger partial charge in [0.25, 0.3) is 11.6 Å². The van der Waals surface area contributed by atoms with Gasteiger partial charge in [-0.15, -0.1) is 0 Å². The van der Waals surface area contributed by atoms with Crippen LogP contribution in [0.15, 0.2) is 60.8 Å². The van der Waals surface area contributed by atoms with Crippen LogP contribution in [0.3, 0.4) is 0 Å². The van der Waals surface area contributed by atoms with Crippen molar-refractivity contribution in [3.63, 3.8) is 0 Å². The molecule has 0 aliphatic rings. The lowest BCUT2D eigenvalue weighted by Crippen LogP contribution is -2.12. The number of aryl methyl sites for hydroxylation is 1. The van der Waals surface area contributed by atoms with Crippen molar-refractivity contribution in [1.29, 1.82) is 0 Å². The molecule has 1 N–H and O–H groups in total. The molecule has 0 bridgehead atoms. The zero-order valence-corrected chi connectivity index (χ0v) is 15.2. The summed E-state index contributed by atoms with van der Waals surface area (Å²) in [6, 6.07) is 14.2. The lowest BCUT2D eigenvalue weighted by Gasteiger charge is -2.11. The summed E-state index contributed by atoms with van der Waals surface area (Å²) in [6.07, 6.45) is 1.44. The largest absolute Gasteiger partial charge is 0.493 e. The Labute approximate surface area is 160 Å². The van der Waals surface area contributed by atoms with Crippen LogP contribution >= 0.6 is 0 Å². The van der Waals surface area contributed by atoms with Crippen molar-refractivity contribution in [2.24, 2.45) is 0 Å². The van der Waals surface area contributed by atoms with E-state index in [0.29, 0.717) is 23.1 Å². The van der Waals surface area contributed by atoms with E-state index in [0.717, 1.165) is 5.56 Å². The molecule has 2 aromatic carbocycles. The number of anilines is 1. The molecule has 0 unspecified atom stereocenters. The van der Waals surface area contributed by atoms with E-state index in [1.807, 2.05) is 19.1 Å². The Morgan fingerprint density at radius 1 is 1.11 bits per heavy atom. The highest BCUT2D eigenvalue weighted by molar-refractivity contribution is 6.04. The number of ether oxygens (including phenoxy) is 2. The number of nitro groups is 1. The number of pyridine rings is 1. The summed E-state index contributed by atoms with van der Waals surface area (Å²) in [7, 11) is 1.56. The average molecular weight is 379 g/mol. The van der Waals surface area contributed by atoms with E-state index in [1.165, 1.54) is 30.5 Å². The lowest BCUT2D eigenvalue weighted by atomic mass is 10.2. The van der Waals surface area contributed by atoms with Gasteiger partial charge in [-0.05, 0) is 36.8 Å². The maximum absolute atomic E-state index is 12.3. The van der Waals surface area contributed by atoms with Crippen LogP contribution in [-0.2, 0) is 0 Å². The molecule has 0 aliphatic carbocycles. The number of hydrogen-bond acceptors (Lipinski definition) is 6. The number of benzene rings is 2. The van der Waals surface area contributed by atoms with Gasteiger partial charge in [0.2, 0.25) is 5.88 Å². The monoisotopic (exact) mass is 379 g/mol. The van der Waals surface area contributed by atoms with Gasteiger partial charge in [-0.25, -0.2) is 4.98 Å². The second kappa shape index (κ2) is 8.17. The number of hydrogen-bond donors (Lipinski definition) is 1. The van der Waals surface area contributed by atoms with E-state index < -0.39 is 10.8 Å². The molecule has 142 valence electrons. The summed E-state index contributed by atoms with van der Waals surface area (Å²) < 4.78 is 11.0. The fourth-order valence-electron chi connectivity index (χ4n) is 2.45. The highest BCUT2D eigenvalue weighted by Gasteiger charge is 2.12. The normalized spacial score (nSPS) is 10.2. The van der Waals surface area contributed by atoms with E-state index in [4.69, 9.17) is 9.47 Å². The summed E-state index contributed by atoms with van der Waals surface area (Å²) >= 11 is 0. The number of rotatable bonds is 6. The quantitative estimate of drug-likeness (QED) is 0.504. The Kier molecular flexibility index (Phi) is 5.50. The number of nitrogens with zero attached hydrogens (tertiary/aromatic N) is 2. The summed E-state index contributed by atoms with van der Waals surface area (Å²) in [6.45, 7) is 1.95. The number of carbonyl (C=O) groups excluding carboxylic acids is 1. The Morgan fingerprint density at radius 3 is 2.61 bits per heavy atom. The number of aromatic nitrogens is 1. The predicted octanol–water partition coefficient (Wildman–Crippen LogP) is 4.35. The van der Waals surface area contributed by atoms with Gasteiger partial charge < -0.3 is 14.8 Å². The average Bonchev–Trinajstić information content (AvgIpc) is 2.70. The maximum Gasteiger partial charge on any atom is 0.270 e. The Bertz CT molecular complexity index is 1020. The molecule has 28 heavy (non-hydrogen) atoms. The third-order valence-corrected chi connectivity index (χ3v) is 3.85. The molecule has 0 radical (unpaired) electrons. The Hall–Kier alpha value is -3.94. The van der Waals surface area contributed by atoms with Crippen molar-refractivity contribution < 1.29 is 19.2 Å². The van der Waals surface area contributed by atoms with Crippen molar-refractivity contribution >= 4 is 17.3 Å². The van der Waals surface area contributed by atoms with Gasteiger partial charge in [0.1, 0.15) is 0 Å². The summed E-state index contributed by atoms with van der Waals surface area (Å²) in [5.41, 5.74) is 1.50. The number of nitro benzene ring substituents is 1. The van der Waals surface area contributed by atoms with Crippen molar-refractivity contribution in [2.75, 3.05) is 12.4 Å². The topological polar surface area (TPSA) is 104 Å². The molecule has 8 heteroatoms. The standard InChI is InChI=1S/C20H17N3O5/c1-13-6-8-17(18(10-13)27-2)28-19-9-7-15(12-21-19)22-20(24)14-4-3-5-16(11-14)23(25)26/h3-12H,1-2H3,(H,22,24). The maximum atomic E-state index is 12.3. The molecule has 0 spiro atoms. The highest BCUT2D eigenvalue weighted by Crippen LogP contribution is 2.31. The van der Waals surface area contributed by atoms with Crippen LogP contribution in [0.4, 0.5) is 11.4 Å². The molecule has 1 aromatic heterocycles. The molecule has 0 aliphatic heterocycles. The van der Waals surface area contributed by atoms with E-state index in [-0.39, 0.29) is 11.3 Å². The number of methoxy groups -OCH3 is 1. The number of nitrogens with one attached hydrogen (secondary N) is 1. The SMILES string of the molecule is COc1cc(C)ccc1Oc1ccc(NC(=O)c2cccc([N+](=O)[O-])c2)cn1. The summed E-state index contributed by atoms with van der Waals surface area (Å²) in [5, 5.41) is 13.5. The zero-order chi connectivity index (χ0) is 20.1. The van der Waals surface area contributed by atoms with Crippen molar-refractivity contribution in [3.8, 4) is 17.4 Å². The first kappa shape index (κ1) is 18.8. The second-order valence-corrected chi connectivity index (χ2v) is 5.90. The van der Waals surface area contributed by atoms with Crippen LogP contribution in [0.25, 0.3) is 0 Å². The predicted molar refractivity (Wildman–Crippen MR) is 103 cm³/mol. The lowest BCUT2D eigenvalue weighted by molar-refractivity contribution is -0.384. The summed E-state index contributed by atoms with van der Waals surface area (Å²) in [4.78, 5) is 26.7. The number of amides is 1. The van der Waals surface area contributed by atoms with Crippen molar-refractivity contribution in [2.45, 2.75) is 6.92 Å². The molecule has 0 atom stereocenters. The van der Waals surface area contributed by atoms with Crippen LogP contribution in [0, 0.1) is 17.0 Å². The van der Waals surface area contributed by atoms with Gasteiger partial charge in [0.15, 0.2) is 11.5 Å². The minimum Gasteiger partial charge on any atom is -0.493 e. The minimum absolute atomic E-state index is 0.151. The number of carbonyl (C=O) groups is 1. The van der Waals surface area contributed by atoms with Crippen molar-refractivity contribution in [1.82, 2.24) is 4.98 Å². The van der Waals surface area contributed by atoms with E-state index >= 15 is 0 Å². The number of non-ortho nitro benzene ring substituents is 1. The second-order valence-electron chi connectivity index (χ2n) is 5.90. The van der Waals surface area contributed by atoms with Crippen LogP contribution in [0.2, 0.25) is 0 Å².